The second-order valence-electron chi connectivity index (χ2n) is 7.63. The number of phenolic OH excluding ortho intramolecular Hbond substituents is 1. The van der Waals surface area contributed by atoms with Gasteiger partial charge >= 0.3 is 5.97 Å². The molecule has 3 amide bonds. The summed E-state index contributed by atoms with van der Waals surface area (Å²) in [5.74, 6) is -3.07. The average molecular weight is 530 g/mol. The molecule has 1 atom stereocenters. The van der Waals surface area contributed by atoms with Crippen molar-refractivity contribution in [2.45, 2.75) is 12.6 Å². The molecule has 5 N–H and O–H groups in total. The molecule has 0 aliphatic heterocycles. The number of carboxylic acids is 1. The van der Waals surface area contributed by atoms with Crippen LogP contribution >= 0.6 is 23.2 Å². The van der Waals surface area contributed by atoms with E-state index in [2.05, 4.69) is 16.0 Å². The molecule has 3 rings (SSSR count). The van der Waals surface area contributed by atoms with Gasteiger partial charge in [-0.1, -0.05) is 35.3 Å². The molecule has 186 valence electrons. The first-order chi connectivity index (χ1) is 17.1. The zero-order chi connectivity index (χ0) is 26.2. The van der Waals surface area contributed by atoms with Gasteiger partial charge in [0.2, 0.25) is 0 Å². The summed E-state index contributed by atoms with van der Waals surface area (Å²) in [6.45, 7) is -0.217. The molecule has 0 aromatic heterocycles. The molecule has 0 bridgehead atoms. The average Bonchev–Trinajstić information content (AvgIpc) is 2.85. The maximum absolute atomic E-state index is 12.6. The highest BCUT2D eigenvalue weighted by atomic mass is 35.5. The summed E-state index contributed by atoms with van der Waals surface area (Å²) in [5.41, 5.74) is 1.10. The van der Waals surface area contributed by atoms with Gasteiger partial charge in [0.1, 0.15) is 11.8 Å². The van der Waals surface area contributed by atoms with Crippen LogP contribution in [0.4, 0.5) is 0 Å². The van der Waals surface area contributed by atoms with Gasteiger partial charge in [0.05, 0.1) is 10.6 Å². The fourth-order valence-electron chi connectivity index (χ4n) is 3.13. The predicted molar refractivity (Wildman–Crippen MR) is 133 cm³/mol. The Balaban J connectivity index is 1.60. The van der Waals surface area contributed by atoms with Crippen LogP contribution in [0.15, 0.2) is 66.7 Å². The number of rotatable bonds is 9. The van der Waals surface area contributed by atoms with E-state index in [4.69, 9.17) is 23.2 Å². The normalized spacial score (nSPS) is 11.3. The number of benzene rings is 3. The van der Waals surface area contributed by atoms with E-state index in [9.17, 15) is 29.4 Å². The SMILES string of the molecule is O=C(NCc1cccc(O)c1)c1ccc(C(=O)N[C@@H](CNC(=O)c2ccc(Cl)cc2)C(=O)O)c(Cl)c1. The fraction of sp³-hybridized carbons (Fsp3) is 0.120. The molecule has 0 aliphatic carbocycles. The lowest BCUT2D eigenvalue weighted by Gasteiger charge is -2.16. The van der Waals surface area contributed by atoms with Crippen LogP contribution < -0.4 is 16.0 Å². The Bertz CT molecular complexity index is 1300. The van der Waals surface area contributed by atoms with Crippen molar-refractivity contribution in [2.24, 2.45) is 0 Å². The Hall–Kier alpha value is -4.08. The van der Waals surface area contributed by atoms with Gasteiger partial charge in [0.15, 0.2) is 0 Å². The van der Waals surface area contributed by atoms with Crippen LogP contribution in [0.3, 0.4) is 0 Å². The van der Waals surface area contributed by atoms with Crippen LogP contribution in [0, 0.1) is 0 Å². The van der Waals surface area contributed by atoms with Gasteiger partial charge < -0.3 is 26.2 Å². The van der Waals surface area contributed by atoms with Gasteiger partial charge in [-0.15, -0.1) is 0 Å². The quantitative estimate of drug-likeness (QED) is 0.287. The summed E-state index contributed by atoms with van der Waals surface area (Å²) in [6.07, 6.45) is 0. The number of amides is 3. The van der Waals surface area contributed by atoms with Gasteiger partial charge in [-0.25, -0.2) is 4.79 Å². The van der Waals surface area contributed by atoms with Crippen molar-refractivity contribution in [1.82, 2.24) is 16.0 Å². The number of carbonyl (C=O) groups excluding carboxylic acids is 3. The highest BCUT2D eigenvalue weighted by molar-refractivity contribution is 6.34. The zero-order valence-electron chi connectivity index (χ0n) is 18.6. The summed E-state index contributed by atoms with van der Waals surface area (Å²) < 4.78 is 0. The van der Waals surface area contributed by atoms with Crippen molar-refractivity contribution >= 4 is 46.9 Å². The van der Waals surface area contributed by atoms with E-state index < -0.39 is 29.7 Å². The lowest BCUT2D eigenvalue weighted by molar-refractivity contribution is -0.139. The highest BCUT2D eigenvalue weighted by Crippen LogP contribution is 2.19. The standard InChI is InChI=1S/C25H21Cl2N3O6/c26-17-7-4-15(5-8-17)22(32)29-13-21(25(35)36)30-24(34)19-9-6-16(11-20(19)27)23(33)28-12-14-2-1-3-18(31)10-14/h1-11,21,31H,12-13H2,(H,28,33)(H,29,32)(H,30,34)(H,35,36)/t21-/m0/s1. The Labute approximate surface area is 216 Å². The van der Waals surface area contributed by atoms with Crippen LogP contribution in [0.2, 0.25) is 10.0 Å². The number of aliphatic carboxylic acids is 1. The second-order valence-corrected chi connectivity index (χ2v) is 8.47. The van der Waals surface area contributed by atoms with Crippen molar-refractivity contribution in [2.75, 3.05) is 6.54 Å². The third kappa shape index (κ3) is 7.21. The highest BCUT2D eigenvalue weighted by Gasteiger charge is 2.23. The van der Waals surface area contributed by atoms with Crippen molar-refractivity contribution in [1.29, 1.82) is 0 Å². The van der Waals surface area contributed by atoms with Crippen molar-refractivity contribution in [3.05, 3.63) is 99.0 Å². The molecule has 9 nitrogen and oxygen atoms in total. The van der Waals surface area contributed by atoms with Gasteiger partial charge in [0.25, 0.3) is 17.7 Å². The summed E-state index contributed by atoms with van der Waals surface area (Å²) in [5, 5.41) is 26.8. The summed E-state index contributed by atoms with van der Waals surface area (Å²) in [4.78, 5) is 48.9. The van der Waals surface area contributed by atoms with E-state index in [1.165, 1.54) is 54.6 Å². The second kappa shape index (κ2) is 12.1. The molecule has 0 heterocycles. The molecule has 3 aromatic rings. The van der Waals surface area contributed by atoms with Gasteiger partial charge in [0, 0.05) is 29.2 Å². The third-order valence-corrected chi connectivity index (χ3v) is 5.58. The summed E-state index contributed by atoms with van der Waals surface area (Å²) >= 11 is 12.0. The van der Waals surface area contributed by atoms with E-state index in [0.717, 1.165) is 0 Å². The molecule has 36 heavy (non-hydrogen) atoms. The molecule has 0 spiro atoms. The molecular weight excluding hydrogens is 509 g/mol. The first-order valence-corrected chi connectivity index (χ1v) is 11.3. The Morgan fingerprint density at radius 1 is 0.806 bits per heavy atom. The number of carboxylic acid groups (broad SMARTS) is 1. The van der Waals surface area contributed by atoms with Crippen molar-refractivity contribution in [3.8, 4) is 5.75 Å². The zero-order valence-corrected chi connectivity index (χ0v) is 20.1. The molecule has 3 aromatic carbocycles. The minimum atomic E-state index is -1.44. The molecule has 0 aliphatic rings. The molecule has 0 fully saturated rings. The van der Waals surface area contributed by atoms with Crippen LogP contribution in [0.25, 0.3) is 0 Å². The molecule has 0 saturated heterocycles. The van der Waals surface area contributed by atoms with Crippen LogP contribution in [-0.4, -0.2) is 46.5 Å². The first-order valence-electron chi connectivity index (χ1n) is 10.6. The number of phenols is 1. The summed E-state index contributed by atoms with van der Waals surface area (Å²) in [7, 11) is 0. The van der Waals surface area contributed by atoms with Crippen LogP contribution in [-0.2, 0) is 11.3 Å². The van der Waals surface area contributed by atoms with Crippen LogP contribution in [0.1, 0.15) is 36.6 Å². The number of halogens is 2. The largest absolute Gasteiger partial charge is 0.508 e. The van der Waals surface area contributed by atoms with E-state index in [1.807, 2.05) is 0 Å². The topological polar surface area (TPSA) is 145 Å². The number of hydrogen-bond acceptors (Lipinski definition) is 5. The first kappa shape index (κ1) is 26.5. The smallest absolute Gasteiger partial charge is 0.328 e. The lowest BCUT2D eigenvalue weighted by Crippen LogP contribution is -2.48. The number of nitrogens with one attached hydrogen (secondary N) is 3. The maximum Gasteiger partial charge on any atom is 0.328 e. The maximum atomic E-state index is 12.6. The monoisotopic (exact) mass is 529 g/mol. The summed E-state index contributed by atoms with van der Waals surface area (Å²) in [6, 6.07) is 14.9. The fourth-order valence-corrected chi connectivity index (χ4v) is 3.52. The predicted octanol–water partition coefficient (Wildman–Crippen LogP) is 3.24. The Morgan fingerprint density at radius 2 is 1.47 bits per heavy atom. The van der Waals surface area contributed by atoms with E-state index in [0.29, 0.717) is 10.6 Å². The Morgan fingerprint density at radius 3 is 2.11 bits per heavy atom. The molecule has 11 heteroatoms. The van der Waals surface area contributed by atoms with Gasteiger partial charge in [-0.3, -0.25) is 14.4 Å². The van der Waals surface area contributed by atoms with E-state index >= 15 is 0 Å². The molecule has 0 radical (unpaired) electrons. The van der Waals surface area contributed by atoms with Crippen LogP contribution in [0.5, 0.6) is 5.75 Å². The molecule has 0 saturated carbocycles. The van der Waals surface area contributed by atoms with Gasteiger partial charge in [-0.2, -0.15) is 0 Å². The molecular formula is C25H21Cl2N3O6. The third-order valence-electron chi connectivity index (χ3n) is 5.02. The lowest BCUT2D eigenvalue weighted by atomic mass is 10.1. The van der Waals surface area contributed by atoms with Crippen molar-refractivity contribution in [3.63, 3.8) is 0 Å². The van der Waals surface area contributed by atoms with E-state index in [1.54, 1.807) is 12.1 Å². The molecule has 0 unspecified atom stereocenters. The number of hydrogen-bond donors (Lipinski definition) is 5. The Kier molecular flexibility index (Phi) is 8.88. The minimum Gasteiger partial charge on any atom is -0.508 e. The van der Waals surface area contributed by atoms with Gasteiger partial charge in [-0.05, 0) is 60.2 Å². The van der Waals surface area contributed by atoms with Crippen molar-refractivity contribution < 1.29 is 29.4 Å². The minimum absolute atomic E-state index is 0.0449. The number of carbonyl (C=O) groups is 4. The van der Waals surface area contributed by atoms with E-state index in [-0.39, 0.29) is 40.6 Å². The number of aromatic hydroxyl groups is 1.